The topological polar surface area (TPSA) is 29.9 Å². The summed E-state index contributed by atoms with van der Waals surface area (Å²) in [5, 5.41) is 3.57. The maximum absolute atomic E-state index is 13.7. The molecule has 4 heteroatoms. The summed E-state index contributed by atoms with van der Waals surface area (Å²) in [4.78, 5) is 4.10. The van der Waals surface area contributed by atoms with Gasteiger partial charge in [-0.25, -0.2) is 9.37 Å². The summed E-state index contributed by atoms with van der Waals surface area (Å²) < 4.78 is 15.8. The van der Waals surface area contributed by atoms with E-state index < -0.39 is 0 Å². The lowest BCUT2D eigenvalue weighted by molar-refractivity contribution is 0.369. The fraction of sp³-hybridized carbons (Fsp3) is 0.471. The largest absolute Gasteiger partial charge is 0.337 e. The van der Waals surface area contributed by atoms with Crippen LogP contribution in [-0.2, 0) is 13.0 Å². The Labute approximate surface area is 125 Å². The molecule has 1 fully saturated rings. The van der Waals surface area contributed by atoms with Crippen LogP contribution in [0.25, 0.3) is 0 Å². The highest BCUT2D eigenvalue weighted by molar-refractivity contribution is 5.18. The van der Waals surface area contributed by atoms with Crippen molar-refractivity contribution in [3.05, 3.63) is 54.4 Å². The van der Waals surface area contributed by atoms with Crippen molar-refractivity contribution in [3.8, 4) is 0 Å². The molecular formula is C17H22FN3. The van der Waals surface area contributed by atoms with E-state index in [0.717, 1.165) is 25.1 Å². The van der Waals surface area contributed by atoms with Gasteiger partial charge < -0.3 is 9.88 Å². The van der Waals surface area contributed by atoms with Gasteiger partial charge in [-0.2, -0.15) is 0 Å². The van der Waals surface area contributed by atoms with Gasteiger partial charge in [-0.1, -0.05) is 18.2 Å². The van der Waals surface area contributed by atoms with E-state index in [9.17, 15) is 4.39 Å². The third-order valence-electron chi connectivity index (χ3n) is 4.34. The van der Waals surface area contributed by atoms with Crippen LogP contribution in [0.4, 0.5) is 4.39 Å². The first kappa shape index (κ1) is 14.3. The van der Waals surface area contributed by atoms with Crippen molar-refractivity contribution < 1.29 is 4.39 Å². The zero-order valence-corrected chi connectivity index (χ0v) is 12.4. The molecule has 1 saturated carbocycles. The number of imidazole rings is 1. The van der Waals surface area contributed by atoms with Gasteiger partial charge in [0.1, 0.15) is 5.82 Å². The number of hydrogen-bond acceptors (Lipinski definition) is 2. The highest BCUT2D eigenvalue weighted by Gasteiger charge is 2.42. The Balaban J connectivity index is 1.50. The molecule has 1 heterocycles. The summed E-state index contributed by atoms with van der Waals surface area (Å²) in [6, 6.07) is 7.31. The zero-order chi connectivity index (χ0) is 14.7. The van der Waals surface area contributed by atoms with Crippen molar-refractivity contribution in [1.82, 2.24) is 14.9 Å². The van der Waals surface area contributed by atoms with E-state index in [4.69, 9.17) is 0 Å². The number of nitrogens with zero attached hydrogens (tertiary/aromatic N) is 2. The van der Waals surface area contributed by atoms with Crippen molar-refractivity contribution in [1.29, 1.82) is 0 Å². The van der Waals surface area contributed by atoms with Crippen LogP contribution in [0.15, 0.2) is 43.0 Å². The van der Waals surface area contributed by atoms with Gasteiger partial charge >= 0.3 is 0 Å². The maximum Gasteiger partial charge on any atom is 0.126 e. The molecule has 1 N–H and O–H groups in total. The van der Waals surface area contributed by atoms with Crippen molar-refractivity contribution in [2.75, 3.05) is 6.54 Å². The smallest absolute Gasteiger partial charge is 0.126 e. The second kappa shape index (κ2) is 5.98. The summed E-state index contributed by atoms with van der Waals surface area (Å²) in [6.45, 7) is 4.13. The number of benzene rings is 1. The first-order valence-electron chi connectivity index (χ1n) is 7.59. The quantitative estimate of drug-likeness (QED) is 0.848. The fourth-order valence-electron chi connectivity index (χ4n) is 2.79. The molecule has 0 radical (unpaired) electrons. The molecule has 0 bridgehead atoms. The minimum absolute atomic E-state index is 0.106. The molecule has 3 nitrogen and oxygen atoms in total. The highest BCUT2D eigenvalue weighted by atomic mass is 19.1. The van der Waals surface area contributed by atoms with Crippen LogP contribution in [0.2, 0.25) is 0 Å². The number of aromatic nitrogens is 2. The van der Waals surface area contributed by atoms with Crippen LogP contribution in [0.1, 0.15) is 25.3 Å². The van der Waals surface area contributed by atoms with Crippen LogP contribution >= 0.6 is 0 Å². The van der Waals surface area contributed by atoms with Gasteiger partial charge in [-0.05, 0) is 37.8 Å². The SMILES string of the molecule is C[C@@H](Cc1ccccc1F)NCC1(Cn2ccnc2)CC1. The maximum atomic E-state index is 13.7. The van der Waals surface area contributed by atoms with Gasteiger partial charge in [0.25, 0.3) is 0 Å². The number of halogens is 1. The van der Waals surface area contributed by atoms with E-state index in [1.54, 1.807) is 6.07 Å². The number of nitrogens with one attached hydrogen (secondary N) is 1. The summed E-state index contributed by atoms with van der Waals surface area (Å²) in [7, 11) is 0. The third-order valence-corrected chi connectivity index (χ3v) is 4.34. The summed E-state index contributed by atoms with van der Waals surface area (Å²) >= 11 is 0. The highest BCUT2D eigenvalue weighted by Crippen LogP contribution is 2.46. The zero-order valence-electron chi connectivity index (χ0n) is 12.4. The summed E-state index contributed by atoms with van der Waals surface area (Å²) in [5.74, 6) is -0.106. The van der Waals surface area contributed by atoms with Crippen LogP contribution < -0.4 is 5.32 Å². The first-order chi connectivity index (χ1) is 10.2. The molecule has 0 spiro atoms. The van der Waals surface area contributed by atoms with Crippen LogP contribution in [0, 0.1) is 11.2 Å². The molecule has 112 valence electrons. The van der Waals surface area contributed by atoms with Crippen LogP contribution in [-0.4, -0.2) is 22.1 Å². The van der Waals surface area contributed by atoms with E-state index in [1.807, 2.05) is 30.9 Å². The third kappa shape index (κ3) is 3.70. The second-order valence-electron chi connectivity index (χ2n) is 6.31. The normalized spacial score (nSPS) is 17.6. The molecule has 1 aliphatic carbocycles. The molecule has 1 atom stereocenters. The first-order valence-corrected chi connectivity index (χ1v) is 7.59. The average Bonchev–Trinajstić information content (AvgIpc) is 3.04. The lowest BCUT2D eigenvalue weighted by atomic mass is 10.0. The van der Waals surface area contributed by atoms with Crippen molar-refractivity contribution in [2.45, 2.75) is 38.8 Å². The van der Waals surface area contributed by atoms with E-state index in [0.29, 0.717) is 5.41 Å². The Morgan fingerprint density at radius 2 is 2.19 bits per heavy atom. The van der Waals surface area contributed by atoms with E-state index in [-0.39, 0.29) is 11.9 Å². The molecule has 0 amide bonds. The Bertz CT molecular complexity index is 575. The Morgan fingerprint density at radius 1 is 1.38 bits per heavy atom. The van der Waals surface area contributed by atoms with Crippen molar-refractivity contribution >= 4 is 0 Å². The lowest BCUT2D eigenvalue weighted by Gasteiger charge is -2.20. The van der Waals surface area contributed by atoms with E-state index >= 15 is 0 Å². The number of hydrogen-bond donors (Lipinski definition) is 1. The molecule has 1 aromatic heterocycles. The molecular weight excluding hydrogens is 265 g/mol. The van der Waals surface area contributed by atoms with Crippen LogP contribution in [0.5, 0.6) is 0 Å². The van der Waals surface area contributed by atoms with E-state index in [2.05, 4.69) is 21.8 Å². The Morgan fingerprint density at radius 3 is 2.86 bits per heavy atom. The molecule has 2 aromatic rings. The average molecular weight is 287 g/mol. The van der Waals surface area contributed by atoms with Gasteiger partial charge in [0.2, 0.25) is 0 Å². The van der Waals surface area contributed by atoms with Gasteiger partial charge in [0.15, 0.2) is 0 Å². The molecule has 0 unspecified atom stereocenters. The minimum atomic E-state index is -0.106. The van der Waals surface area contributed by atoms with Gasteiger partial charge in [-0.3, -0.25) is 0 Å². The summed E-state index contributed by atoms with van der Waals surface area (Å²) in [5.41, 5.74) is 1.15. The standard InChI is InChI=1S/C17H22FN3/c1-14(10-15-4-2-3-5-16(15)18)20-11-17(6-7-17)12-21-9-8-19-13-21/h2-5,8-9,13-14,20H,6-7,10-12H2,1H3/t14-/m0/s1. The predicted molar refractivity (Wildman–Crippen MR) is 81.5 cm³/mol. The monoisotopic (exact) mass is 287 g/mol. The Hall–Kier alpha value is -1.68. The molecule has 1 aliphatic rings. The predicted octanol–water partition coefficient (Wildman–Crippen LogP) is 3.02. The van der Waals surface area contributed by atoms with Gasteiger partial charge in [0.05, 0.1) is 6.33 Å². The summed E-state index contributed by atoms with van der Waals surface area (Å²) in [6.07, 6.45) is 8.96. The molecule has 0 saturated heterocycles. The van der Waals surface area contributed by atoms with Gasteiger partial charge in [-0.15, -0.1) is 0 Å². The number of rotatable bonds is 7. The van der Waals surface area contributed by atoms with Crippen molar-refractivity contribution in [2.24, 2.45) is 5.41 Å². The van der Waals surface area contributed by atoms with Gasteiger partial charge in [0, 0.05) is 36.9 Å². The Kier molecular flexibility index (Phi) is 4.06. The lowest BCUT2D eigenvalue weighted by Crippen LogP contribution is -2.35. The molecule has 21 heavy (non-hydrogen) atoms. The fourth-order valence-corrected chi connectivity index (χ4v) is 2.79. The second-order valence-corrected chi connectivity index (χ2v) is 6.31. The molecule has 1 aromatic carbocycles. The molecule has 0 aliphatic heterocycles. The molecule has 3 rings (SSSR count). The van der Waals surface area contributed by atoms with Crippen molar-refractivity contribution in [3.63, 3.8) is 0 Å². The minimum Gasteiger partial charge on any atom is -0.337 e. The van der Waals surface area contributed by atoms with E-state index in [1.165, 1.54) is 18.9 Å². The van der Waals surface area contributed by atoms with Crippen LogP contribution in [0.3, 0.4) is 0 Å².